The van der Waals surface area contributed by atoms with E-state index in [1.807, 2.05) is 29.2 Å². The van der Waals surface area contributed by atoms with Gasteiger partial charge in [-0.15, -0.1) is 0 Å². The standard InChI is InChI=1S/C15H22N4O2/c1-16-11-14(20)17-10-12-5-4-6-13(9-12)18-15(21)19-7-2-3-8-19/h4-6,9,16H,2-3,7-8,10-11H2,1H3,(H,17,20)(H,18,21). The maximum atomic E-state index is 12.0. The average Bonchev–Trinajstić information content (AvgIpc) is 3.00. The van der Waals surface area contributed by atoms with Crippen LogP contribution in [0.4, 0.5) is 10.5 Å². The van der Waals surface area contributed by atoms with Crippen molar-refractivity contribution >= 4 is 17.6 Å². The molecule has 1 aromatic carbocycles. The molecule has 1 aliphatic heterocycles. The summed E-state index contributed by atoms with van der Waals surface area (Å²) in [5.41, 5.74) is 1.71. The summed E-state index contributed by atoms with van der Waals surface area (Å²) < 4.78 is 0. The first kappa shape index (κ1) is 15.3. The fourth-order valence-electron chi connectivity index (χ4n) is 2.31. The highest BCUT2D eigenvalue weighted by Crippen LogP contribution is 2.14. The second-order valence-corrected chi connectivity index (χ2v) is 5.13. The summed E-state index contributed by atoms with van der Waals surface area (Å²) >= 11 is 0. The Hall–Kier alpha value is -2.08. The van der Waals surface area contributed by atoms with E-state index in [4.69, 9.17) is 0 Å². The fraction of sp³-hybridized carbons (Fsp3) is 0.467. The molecule has 0 bridgehead atoms. The van der Waals surface area contributed by atoms with E-state index in [0.29, 0.717) is 13.1 Å². The molecule has 0 aliphatic carbocycles. The van der Waals surface area contributed by atoms with Crippen molar-refractivity contribution in [1.82, 2.24) is 15.5 Å². The summed E-state index contributed by atoms with van der Waals surface area (Å²) in [4.78, 5) is 25.2. The van der Waals surface area contributed by atoms with E-state index in [2.05, 4.69) is 16.0 Å². The topological polar surface area (TPSA) is 73.5 Å². The van der Waals surface area contributed by atoms with Crippen molar-refractivity contribution in [2.24, 2.45) is 0 Å². The Kier molecular flexibility index (Phi) is 5.57. The van der Waals surface area contributed by atoms with Gasteiger partial charge in [0, 0.05) is 25.3 Å². The maximum absolute atomic E-state index is 12.0. The van der Waals surface area contributed by atoms with Crippen LogP contribution in [-0.2, 0) is 11.3 Å². The minimum Gasteiger partial charge on any atom is -0.351 e. The molecule has 0 radical (unpaired) electrons. The highest BCUT2D eigenvalue weighted by atomic mass is 16.2. The number of urea groups is 1. The lowest BCUT2D eigenvalue weighted by atomic mass is 10.2. The highest BCUT2D eigenvalue weighted by Gasteiger charge is 2.17. The molecule has 0 spiro atoms. The zero-order valence-corrected chi connectivity index (χ0v) is 12.3. The van der Waals surface area contributed by atoms with E-state index in [0.717, 1.165) is 37.2 Å². The lowest BCUT2D eigenvalue weighted by Gasteiger charge is -2.16. The SMILES string of the molecule is CNCC(=O)NCc1cccc(NC(=O)N2CCCC2)c1. The molecule has 3 N–H and O–H groups in total. The normalized spacial score (nSPS) is 14.0. The number of rotatable bonds is 5. The van der Waals surface area contributed by atoms with E-state index >= 15 is 0 Å². The van der Waals surface area contributed by atoms with Crippen LogP contribution in [0.3, 0.4) is 0 Å². The van der Waals surface area contributed by atoms with Crippen molar-refractivity contribution in [3.8, 4) is 0 Å². The van der Waals surface area contributed by atoms with E-state index in [1.165, 1.54) is 0 Å². The Bertz CT molecular complexity index is 498. The number of carbonyl (C=O) groups excluding carboxylic acids is 2. The fourth-order valence-corrected chi connectivity index (χ4v) is 2.31. The van der Waals surface area contributed by atoms with Crippen LogP contribution < -0.4 is 16.0 Å². The van der Waals surface area contributed by atoms with Crippen molar-refractivity contribution < 1.29 is 9.59 Å². The van der Waals surface area contributed by atoms with E-state index in [-0.39, 0.29) is 11.9 Å². The Morgan fingerprint density at radius 2 is 2.00 bits per heavy atom. The predicted octanol–water partition coefficient (Wildman–Crippen LogP) is 1.15. The summed E-state index contributed by atoms with van der Waals surface area (Å²) in [5, 5.41) is 8.51. The summed E-state index contributed by atoms with van der Waals surface area (Å²) in [6.45, 7) is 2.40. The van der Waals surface area contributed by atoms with Gasteiger partial charge in [0.05, 0.1) is 6.54 Å². The summed E-state index contributed by atoms with van der Waals surface area (Å²) in [6, 6.07) is 7.48. The maximum Gasteiger partial charge on any atom is 0.321 e. The third-order valence-corrected chi connectivity index (χ3v) is 3.40. The van der Waals surface area contributed by atoms with E-state index in [1.54, 1.807) is 7.05 Å². The molecule has 0 atom stereocenters. The molecule has 6 nitrogen and oxygen atoms in total. The van der Waals surface area contributed by atoms with Crippen LogP contribution in [0.15, 0.2) is 24.3 Å². The molecule has 0 saturated carbocycles. The van der Waals surface area contributed by atoms with Crippen LogP contribution in [0.1, 0.15) is 18.4 Å². The number of benzene rings is 1. The Morgan fingerprint density at radius 3 is 2.71 bits per heavy atom. The lowest BCUT2D eigenvalue weighted by molar-refractivity contribution is -0.120. The van der Waals surface area contributed by atoms with Gasteiger partial charge >= 0.3 is 6.03 Å². The first-order chi connectivity index (χ1) is 10.2. The van der Waals surface area contributed by atoms with Crippen molar-refractivity contribution in [2.45, 2.75) is 19.4 Å². The molecule has 6 heteroatoms. The minimum absolute atomic E-state index is 0.0518. The lowest BCUT2D eigenvalue weighted by Crippen LogP contribution is -2.32. The Labute approximate surface area is 124 Å². The van der Waals surface area contributed by atoms with Gasteiger partial charge in [0.25, 0.3) is 0 Å². The van der Waals surface area contributed by atoms with Crippen molar-refractivity contribution in [3.05, 3.63) is 29.8 Å². The average molecular weight is 290 g/mol. The number of carbonyl (C=O) groups is 2. The first-order valence-electron chi connectivity index (χ1n) is 7.25. The van der Waals surface area contributed by atoms with Crippen molar-refractivity contribution in [2.75, 3.05) is 32.0 Å². The summed E-state index contributed by atoms with van der Waals surface area (Å²) in [6.07, 6.45) is 2.15. The van der Waals surface area contributed by atoms with Crippen LogP contribution in [0.25, 0.3) is 0 Å². The van der Waals surface area contributed by atoms with Gasteiger partial charge in [0.2, 0.25) is 5.91 Å². The van der Waals surface area contributed by atoms with Gasteiger partial charge < -0.3 is 20.9 Å². The molecule has 114 valence electrons. The molecule has 0 unspecified atom stereocenters. The molecule has 2 rings (SSSR count). The second kappa shape index (κ2) is 7.64. The number of nitrogens with one attached hydrogen (secondary N) is 3. The molecular weight excluding hydrogens is 268 g/mol. The third-order valence-electron chi connectivity index (χ3n) is 3.40. The van der Waals surface area contributed by atoms with Gasteiger partial charge in [-0.1, -0.05) is 12.1 Å². The third kappa shape index (κ3) is 4.75. The Balaban J connectivity index is 1.88. The molecule has 0 aromatic heterocycles. The predicted molar refractivity (Wildman–Crippen MR) is 82.0 cm³/mol. The van der Waals surface area contributed by atoms with Crippen LogP contribution in [0, 0.1) is 0 Å². The minimum atomic E-state index is -0.0520. The molecule has 1 aliphatic rings. The van der Waals surface area contributed by atoms with Crippen LogP contribution in [-0.4, -0.2) is 43.5 Å². The Morgan fingerprint density at radius 1 is 1.24 bits per heavy atom. The number of likely N-dealkylation sites (tertiary alicyclic amines) is 1. The molecule has 1 fully saturated rings. The number of hydrogen-bond acceptors (Lipinski definition) is 3. The molecule has 1 heterocycles. The number of amides is 3. The summed E-state index contributed by atoms with van der Waals surface area (Å²) in [7, 11) is 1.73. The van der Waals surface area contributed by atoms with Crippen LogP contribution in [0.5, 0.6) is 0 Å². The number of anilines is 1. The number of hydrogen-bond donors (Lipinski definition) is 3. The van der Waals surface area contributed by atoms with Crippen molar-refractivity contribution in [3.63, 3.8) is 0 Å². The van der Waals surface area contributed by atoms with Gasteiger partial charge in [-0.25, -0.2) is 4.79 Å². The number of nitrogens with zero attached hydrogens (tertiary/aromatic N) is 1. The number of likely N-dealkylation sites (N-methyl/N-ethyl adjacent to an activating group) is 1. The second-order valence-electron chi connectivity index (χ2n) is 5.13. The van der Waals surface area contributed by atoms with Gasteiger partial charge in [-0.05, 0) is 37.6 Å². The first-order valence-corrected chi connectivity index (χ1v) is 7.25. The molecule has 21 heavy (non-hydrogen) atoms. The van der Waals surface area contributed by atoms with Gasteiger partial charge in [0.15, 0.2) is 0 Å². The molecular formula is C15H22N4O2. The van der Waals surface area contributed by atoms with Crippen molar-refractivity contribution in [1.29, 1.82) is 0 Å². The van der Waals surface area contributed by atoms with Gasteiger partial charge in [-0.2, -0.15) is 0 Å². The molecule has 3 amide bonds. The van der Waals surface area contributed by atoms with Gasteiger partial charge in [0.1, 0.15) is 0 Å². The highest BCUT2D eigenvalue weighted by molar-refractivity contribution is 5.89. The quantitative estimate of drug-likeness (QED) is 0.761. The zero-order chi connectivity index (χ0) is 15.1. The van der Waals surface area contributed by atoms with E-state index < -0.39 is 0 Å². The zero-order valence-electron chi connectivity index (χ0n) is 12.3. The van der Waals surface area contributed by atoms with Gasteiger partial charge in [-0.3, -0.25) is 4.79 Å². The summed E-state index contributed by atoms with van der Waals surface area (Å²) in [5.74, 6) is -0.0518. The largest absolute Gasteiger partial charge is 0.351 e. The van der Waals surface area contributed by atoms with E-state index in [9.17, 15) is 9.59 Å². The van der Waals surface area contributed by atoms with Crippen LogP contribution in [0.2, 0.25) is 0 Å². The molecule has 1 aromatic rings. The monoisotopic (exact) mass is 290 g/mol. The van der Waals surface area contributed by atoms with Crippen LogP contribution >= 0.6 is 0 Å². The smallest absolute Gasteiger partial charge is 0.321 e. The molecule has 1 saturated heterocycles.